The maximum Gasteiger partial charge on any atom is 0.268 e. The lowest BCUT2D eigenvalue weighted by Gasteiger charge is -2.10. The minimum Gasteiger partial charge on any atom is -0.508 e. The van der Waals surface area contributed by atoms with Crippen molar-refractivity contribution in [1.29, 1.82) is 0 Å². The number of phenols is 1. The van der Waals surface area contributed by atoms with E-state index in [1.54, 1.807) is 42.5 Å². The smallest absolute Gasteiger partial charge is 0.268 e. The molecule has 24 heavy (non-hydrogen) atoms. The Labute approximate surface area is 139 Å². The molecule has 4 nitrogen and oxygen atoms in total. The number of carbonyl (C=O) groups excluding carboxylic acids is 1. The van der Waals surface area contributed by atoms with Crippen LogP contribution >= 0.6 is 0 Å². The van der Waals surface area contributed by atoms with Crippen LogP contribution in [0.15, 0.2) is 66.9 Å². The van der Waals surface area contributed by atoms with Crippen LogP contribution in [-0.4, -0.2) is 15.6 Å². The van der Waals surface area contributed by atoms with E-state index in [2.05, 4.69) is 5.32 Å². The summed E-state index contributed by atoms with van der Waals surface area (Å²) in [6, 6.07) is 16.5. The third-order valence-electron chi connectivity index (χ3n) is 3.69. The monoisotopic (exact) mass is 324 g/mol. The number of rotatable bonds is 5. The van der Waals surface area contributed by atoms with E-state index in [0.29, 0.717) is 18.8 Å². The molecular weight excluding hydrogens is 307 g/mol. The van der Waals surface area contributed by atoms with Crippen LogP contribution in [-0.2, 0) is 13.1 Å². The molecule has 3 rings (SSSR count). The maximum absolute atomic E-state index is 13.0. The van der Waals surface area contributed by atoms with Crippen LogP contribution < -0.4 is 5.32 Å². The van der Waals surface area contributed by atoms with Crippen molar-refractivity contribution in [3.05, 3.63) is 89.5 Å². The van der Waals surface area contributed by atoms with Gasteiger partial charge in [0.05, 0.1) is 0 Å². The van der Waals surface area contributed by atoms with Crippen molar-refractivity contribution in [3.63, 3.8) is 0 Å². The number of aromatic nitrogens is 1. The number of phenolic OH excluding ortho intramolecular Hbond substituents is 1. The quantitative estimate of drug-likeness (QED) is 0.756. The van der Waals surface area contributed by atoms with Crippen LogP contribution in [0.4, 0.5) is 4.39 Å². The Morgan fingerprint density at radius 1 is 1.04 bits per heavy atom. The number of nitrogens with zero attached hydrogens (tertiary/aromatic N) is 1. The summed E-state index contributed by atoms with van der Waals surface area (Å²) >= 11 is 0. The van der Waals surface area contributed by atoms with Crippen molar-refractivity contribution in [1.82, 2.24) is 9.88 Å². The van der Waals surface area contributed by atoms with Gasteiger partial charge >= 0.3 is 0 Å². The van der Waals surface area contributed by atoms with Crippen LogP contribution in [0.3, 0.4) is 0 Å². The molecule has 2 aromatic carbocycles. The molecule has 0 saturated carbocycles. The third kappa shape index (κ3) is 3.81. The fourth-order valence-electron chi connectivity index (χ4n) is 2.48. The highest BCUT2D eigenvalue weighted by molar-refractivity contribution is 5.92. The Hall–Kier alpha value is -3.08. The Kier molecular flexibility index (Phi) is 4.61. The summed E-state index contributed by atoms with van der Waals surface area (Å²) in [6.07, 6.45) is 1.81. The van der Waals surface area contributed by atoms with E-state index < -0.39 is 0 Å². The lowest BCUT2D eigenvalue weighted by molar-refractivity contribution is 0.0942. The van der Waals surface area contributed by atoms with Crippen LogP contribution in [0.1, 0.15) is 21.6 Å². The van der Waals surface area contributed by atoms with E-state index in [-0.39, 0.29) is 17.5 Å². The molecule has 0 radical (unpaired) electrons. The third-order valence-corrected chi connectivity index (χ3v) is 3.69. The predicted octanol–water partition coefficient (Wildman–Crippen LogP) is 3.31. The van der Waals surface area contributed by atoms with E-state index in [1.165, 1.54) is 12.1 Å². The first-order valence-electron chi connectivity index (χ1n) is 7.57. The summed E-state index contributed by atoms with van der Waals surface area (Å²) < 4.78 is 14.8. The molecule has 2 N–H and O–H groups in total. The zero-order valence-electron chi connectivity index (χ0n) is 12.9. The Balaban J connectivity index is 1.67. The van der Waals surface area contributed by atoms with Gasteiger partial charge in [-0.1, -0.05) is 24.3 Å². The van der Waals surface area contributed by atoms with Crippen LogP contribution in [0.2, 0.25) is 0 Å². The van der Waals surface area contributed by atoms with Crippen molar-refractivity contribution >= 4 is 5.91 Å². The van der Waals surface area contributed by atoms with E-state index in [1.807, 2.05) is 16.8 Å². The molecule has 0 aliphatic rings. The second-order valence-electron chi connectivity index (χ2n) is 5.50. The van der Waals surface area contributed by atoms with E-state index in [4.69, 9.17) is 0 Å². The summed E-state index contributed by atoms with van der Waals surface area (Å²) in [4.78, 5) is 12.4. The normalized spacial score (nSPS) is 10.5. The van der Waals surface area contributed by atoms with Gasteiger partial charge in [-0.15, -0.1) is 0 Å². The topological polar surface area (TPSA) is 54.3 Å². The minimum atomic E-state index is -0.282. The van der Waals surface area contributed by atoms with Crippen molar-refractivity contribution < 1.29 is 14.3 Å². The number of aromatic hydroxyl groups is 1. The van der Waals surface area contributed by atoms with Gasteiger partial charge in [0.1, 0.15) is 17.3 Å². The number of amides is 1. The highest BCUT2D eigenvalue weighted by Gasteiger charge is 2.11. The molecule has 1 amide bonds. The molecule has 0 spiro atoms. The number of nitrogens with one attached hydrogen (secondary N) is 1. The molecule has 0 saturated heterocycles. The lowest BCUT2D eigenvalue weighted by Crippen LogP contribution is -2.25. The van der Waals surface area contributed by atoms with E-state index >= 15 is 0 Å². The molecule has 1 heterocycles. The number of hydrogen-bond donors (Lipinski definition) is 2. The summed E-state index contributed by atoms with van der Waals surface area (Å²) in [6.45, 7) is 0.817. The van der Waals surface area contributed by atoms with Gasteiger partial charge in [0, 0.05) is 19.3 Å². The van der Waals surface area contributed by atoms with Gasteiger partial charge in [0.15, 0.2) is 0 Å². The number of hydrogen-bond acceptors (Lipinski definition) is 2. The Morgan fingerprint density at radius 2 is 1.83 bits per heavy atom. The minimum absolute atomic E-state index is 0.168. The molecule has 0 aliphatic carbocycles. The average molecular weight is 324 g/mol. The Bertz CT molecular complexity index is 841. The number of carbonyl (C=O) groups is 1. The molecule has 1 aromatic heterocycles. The van der Waals surface area contributed by atoms with Gasteiger partial charge in [0.2, 0.25) is 0 Å². The van der Waals surface area contributed by atoms with Crippen molar-refractivity contribution in [2.45, 2.75) is 13.1 Å². The molecule has 5 heteroatoms. The van der Waals surface area contributed by atoms with Crippen molar-refractivity contribution in [2.24, 2.45) is 0 Å². The molecule has 3 aromatic rings. The Morgan fingerprint density at radius 3 is 2.58 bits per heavy atom. The largest absolute Gasteiger partial charge is 0.508 e. The van der Waals surface area contributed by atoms with E-state index in [9.17, 15) is 14.3 Å². The SMILES string of the molecule is O=C(NCc1cccc(O)c1)c1cccn1Cc1ccc(F)cc1. The predicted molar refractivity (Wildman–Crippen MR) is 89.2 cm³/mol. The fraction of sp³-hybridized carbons (Fsp3) is 0.105. The molecule has 0 unspecified atom stereocenters. The number of halogens is 1. The van der Waals surface area contributed by atoms with Crippen LogP contribution in [0, 0.1) is 5.82 Å². The summed E-state index contributed by atoms with van der Waals surface area (Å²) in [5.41, 5.74) is 2.26. The standard InChI is InChI=1S/C19H17FN2O2/c20-16-8-6-14(7-9-16)13-22-10-2-5-18(22)19(24)21-12-15-3-1-4-17(23)11-15/h1-11,23H,12-13H2,(H,21,24). The van der Waals surface area contributed by atoms with Crippen molar-refractivity contribution in [2.75, 3.05) is 0 Å². The highest BCUT2D eigenvalue weighted by Crippen LogP contribution is 2.12. The second-order valence-corrected chi connectivity index (χ2v) is 5.50. The van der Waals surface area contributed by atoms with Gasteiger partial charge in [-0.25, -0.2) is 4.39 Å². The first kappa shape index (κ1) is 15.8. The fourth-order valence-corrected chi connectivity index (χ4v) is 2.48. The van der Waals surface area contributed by atoms with Crippen molar-refractivity contribution in [3.8, 4) is 5.75 Å². The second kappa shape index (κ2) is 7.00. The zero-order valence-corrected chi connectivity index (χ0v) is 12.9. The van der Waals surface area contributed by atoms with Crippen LogP contribution in [0.25, 0.3) is 0 Å². The van der Waals surface area contributed by atoms with Gasteiger partial charge in [-0.05, 0) is 47.5 Å². The van der Waals surface area contributed by atoms with E-state index in [0.717, 1.165) is 11.1 Å². The van der Waals surface area contributed by atoms with Crippen LogP contribution in [0.5, 0.6) is 5.75 Å². The molecule has 0 aliphatic heterocycles. The zero-order chi connectivity index (χ0) is 16.9. The molecule has 0 bridgehead atoms. The highest BCUT2D eigenvalue weighted by atomic mass is 19.1. The molecule has 0 atom stereocenters. The first-order valence-corrected chi connectivity index (χ1v) is 7.57. The van der Waals surface area contributed by atoms with Gasteiger partial charge in [-0.2, -0.15) is 0 Å². The lowest BCUT2D eigenvalue weighted by atomic mass is 10.2. The van der Waals surface area contributed by atoms with Gasteiger partial charge in [0.25, 0.3) is 5.91 Å². The molecule has 122 valence electrons. The first-order chi connectivity index (χ1) is 11.6. The molecular formula is C19H17FN2O2. The molecule has 0 fully saturated rings. The summed E-state index contributed by atoms with van der Waals surface area (Å²) in [7, 11) is 0. The van der Waals surface area contributed by atoms with Gasteiger partial charge in [-0.3, -0.25) is 4.79 Å². The summed E-state index contributed by atoms with van der Waals surface area (Å²) in [5.74, 6) is -0.317. The number of benzene rings is 2. The van der Waals surface area contributed by atoms with Gasteiger partial charge < -0.3 is 15.0 Å². The average Bonchev–Trinajstić information content (AvgIpc) is 3.03. The maximum atomic E-state index is 13.0. The summed E-state index contributed by atoms with van der Waals surface area (Å²) in [5, 5.41) is 12.3.